The number of carbonyl (C=O) groups excluding carboxylic acids is 1. The Balaban J connectivity index is 3.33. The lowest BCUT2D eigenvalue weighted by atomic mass is 10.4. The topological polar surface area (TPSA) is 72.5 Å². The van der Waals surface area contributed by atoms with Crippen LogP contribution in [0, 0.1) is 0 Å². The minimum Gasteiger partial charge on any atom is -0.515 e. The van der Waals surface area contributed by atoms with Gasteiger partial charge in [-0.2, -0.15) is 0 Å². The number of nitrogens with two attached hydrogens (primary N) is 1. The highest BCUT2D eigenvalue weighted by molar-refractivity contribution is 5.90. The van der Waals surface area contributed by atoms with Gasteiger partial charge in [-0.25, -0.2) is 5.90 Å². The average molecular weight is 117 g/mol. The second-order valence-corrected chi connectivity index (χ2v) is 1.09. The van der Waals surface area contributed by atoms with Crippen molar-refractivity contribution in [2.75, 3.05) is 6.61 Å². The Kier molecular flexibility index (Phi) is 3.83. The van der Waals surface area contributed by atoms with Gasteiger partial charge in [0.15, 0.2) is 5.78 Å². The summed E-state index contributed by atoms with van der Waals surface area (Å²) in [5.74, 6) is 4.16. The second kappa shape index (κ2) is 4.29. The molecule has 4 heteroatoms. The van der Waals surface area contributed by atoms with Crippen LogP contribution in [0.3, 0.4) is 0 Å². The molecule has 0 aliphatic carbocycles. The molecule has 0 rings (SSSR count). The molecule has 0 amide bonds. The van der Waals surface area contributed by atoms with Crippen molar-refractivity contribution in [1.82, 2.24) is 0 Å². The van der Waals surface area contributed by atoms with Gasteiger partial charge in [-0.15, -0.1) is 0 Å². The first kappa shape index (κ1) is 7.13. The standard InChI is InChI=1S/C4H7NO3/c5-8-3-4(7)1-2-6/h1-2,6H,3,5H2. The Morgan fingerprint density at radius 3 is 2.88 bits per heavy atom. The van der Waals surface area contributed by atoms with Gasteiger partial charge in [0.05, 0.1) is 6.26 Å². The summed E-state index contributed by atoms with van der Waals surface area (Å²) in [6, 6.07) is 0. The van der Waals surface area contributed by atoms with E-state index in [-0.39, 0.29) is 12.4 Å². The number of hydrogen-bond acceptors (Lipinski definition) is 4. The SMILES string of the molecule is NOCC(=O)C=CO. The Morgan fingerprint density at radius 1 is 1.88 bits per heavy atom. The van der Waals surface area contributed by atoms with Gasteiger partial charge in [0, 0.05) is 6.08 Å². The normalized spacial score (nSPS) is 10.1. The van der Waals surface area contributed by atoms with Crippen LogP contribution in [-0.2, 0) is 9.63 Å². The molecule has 0 radical (unpaired) electrons. The molecule has 0 saturated heterocycles. The fourth-order valence-corrected chi connectivity index (χ4v) is 0.213. The van der Waals surface area contributed by atoms with Gasteiger partial charge in [-0.05, 0) is 0 Å². The quantitative estimate of drug-likeness (QED) is 0.297. The number of aliphatic hydroxyl groups is 1. The zero-order valence-electron chi connectivity index (χ0n) is 4.20. The molecule has 46 valence electrons. The summed E-state index contributed by atoms with van der Waals surface area (Å²) in [6.07, 6.45) is 1.61. The maximum atomic E-state index is 10.2. The Labute approximate surface area is 46.5 Å². The minimum atomic E-state index is -0.366. The number of aliphatic hydroxyl groups excluding tert-OH is 1. The van der Waals surface area contributed by atoms with Gasteiger partial charge >= 0.3 is 0 Å². The van der Waals surface area contributed by atoms with Gasteiger partial charge in [-0.3, -0.25) is 9.63 Å². The van der Waals surface area contributed by atoms with Gasteiger partial charge in [-0.1, -0.05) is 0 Å². The van der Waals surface area contributed by atoms with E-state index in [1.54, 1.807) is 0 Å². The molecule has 0 aliphatic rings. The van der Waals surface area contributed by atoms with E-state index in [1.807, 2.05) is 0 Å². The third kappa shape index (κ3) is 3.32. The van der Waals surface area contributed by atoms with E-state index in [0.717, 1.165) is 6.08 Å². The van der Waals surface area contributed by atoms with E-state index in [0.29, 0.717) is 6.26 Å². The van der Waals surface area contributed by atoms with Crippen molar-refractivity contribution in [3.05, 3.63) is 12.3 Å². The summed E-state index contributed by atoms with van der Waals surface area (Å²) >= 11 is 0. The molecule has 0 unspecified atom stereocenters. The maximum Gasteiger partial charge on any atom is 0.186 e. The van der Waals surface area contributed by atoms with Crippen LogP contribution in [0.25, 0.3) is 0 Å². The third-order valence-electron chi connectivity index (χ3n) is 0.486. The number of hydrogen-bond donors (Lipinski definition) is 2. The van der Waals surface area contributed by atoms with Gasteiger partial charge < -0.3 is 5.11 Å². The van der Waals surface area contributed by atoms with E-state index in [4.69, 9.17) is 5.11 Å². The van der Waals surface area contributed by atoms with Gasteiger partial charge in [0.2, 0.25) is 0 Å². The van der Waals surface area contributed by atoms with E-state index in [2.05, 4.69) is 10.7 Å². The molecule has 0 aliphatic heterocycles. The van der Waals surface area contributed by atoms with Crippen molar-refractivity contribution in [2.45, 2.75) is 0 Å². The first-order chi connectivity index (χ1) is 3.81. The smallest absolute Gasteiger partial charge is 0.186 e. The zero-order chi connectivity index (χ0) is 6.41. The van der Waals surface area contributed by atoms with Crippen LogP contribution in [0.2, 0.25) is 0 Å². The summed E-state index contributed by atoms with van der Waals surface area (Å²) in [5.41, 5.74) is 0. The van der Waals surface area contributed by atoms with E-state index < -0.39 is 0 Å². The number of rotatable bonds is 3. The molecule has 0 spiro atoms. The predicted octanol–water partition coefficient (Wildman–Crippen LogP) is -0.482. The lowest BCUT2D eigenvalue weighted by molar-refractivity contribution is -0.119. The molecule has 0 aromatic rings. The molecular weight excluding hydrogens is 110 g/mol. The van der Waals surface area contributed by atoms with Crippen LogP contribution < -0.4 is 5.90 Å². The first-order valence-electron chi connectivity index (χ1n) is 1.96. The van der Waals surface area contributed by atoms with Crippen LogP contribution in [-0.4, -0.2) is 17.5 Å². The van der Waals surface area contributed by atoms with Crippen molar-refractivity contribution in [3.63, 3.8) is 0 Å². The van der Waals surface area contributed by atoms with Crippen LogP contribution in [0.15, 0.2) is 12.3 Å². The summed E-state index contributed by atoms with van der Waals surface area (Å²) in [5, 5.41) is 7.97. The highest BCUT2D eigenvalue weighted by Gasteiger charge is 1.91. The first-order valence-corrected chi connectivity index (χ1v) is 1.96. The highest BCUT2D eigenvalue weighted by atomic mass is 16.6. The fraction of sp³-hybridized carbons (Fsp3) is 0.250. The summed E-state index contributed by atoms with van der Waals surface area (Å²) in [4.78, 5) is 14.1. The van der Waals surface area contributed by atoms with Crippen LogP contribution in [0.1, 0.15) is 0 Å². The lowest BCUT2D eigenvalue weighted by Crippen LogP contribution is -2.09. The van der Waals surface area contributed by atoms with Crippen LogP contribution in [0.4, 0.5) is 0 Å². The lowest BCUT2D eigenvalue weighted by Gasteiger charge is -1.86. The average Bonchev–Trinajstić information content (AvgIpc) is 1.68. The largest absolute Gasteiger partial charge is 0.515 e. The van der Waals surface area contributed by atoms with Gasteiger partial charge in [0.1, 0.15) is 6.61 Å². The minimum absolute atomic E-state index is 0.197. The van der Waals surface area contributed by atoms with Crippen LogP contribution >= 0.6 is 0 Å². The van der Waals surface area contributed by atoms with Crippen molar-refractivity contribution >= 4 is 5.78 Å². The molecule has 8 heavy (non-hydrogen) atoms. The molecule has 0 heterocycles. The molecule has 0 bridgehead atoms. The summed E-state index contributed by atoms with van der Waals surface area (Å²) in [7, 11) is 0. The fourth-order valence-electron chi connectivity index (χ4n) is 0.213. The summed E-state index contributed by atoms with van der Waals surface area (Å²) in [6.45, 7) is -0.197. The van der Waals surface area contributed by atoms with Crippen molar-refractivity contribution in [3.8, 4) is 0 Å². The molecule has 0 fully saturated rings. The molecular formula is C4H7NO3. The monoisotopic (exact) mass is 117 g/mol. The maximum absolute atomic E-state index is 10.2. The number of ketones is 1. The molecule has 4 nitrogen and oxygen atoms in total. The second-order valence-electron chi connectivity index (χ2n) is 1.09. The van der Waals surface area contributed by atoms with E-state index >= 15 is 0 Å². The molecule has 0 aromatic heterocycles. The van der Waals surface area contributed by atoms with E-state index in [9.17, 15) is 4.79 Å². The number of carbonyl (C=O) groups is 1. The highest BCUT2D eigenvalue weighted by Crippen LogP contribution is 1.72. The molecule has 0 saturated carbocycles. The van der Waals surface area contributed by atoms with Crippen molar-refractivity contribution < 1.29 is 14.7 Å². The Morgan fingerprint density at radius 2 is 2.50 bits per heavy atom. The summed E-state index contributed by atoms with van der Waals surface area (Å²) < 4.78 is 0. The predicted molar refractivity (Wildman–Crippen MR) is 26.9 cm³/mol. The Hall–Kier alpha value is -0.870. The Bertz CT molecular complexity index is 99.5. The van der Waals surface area contributed by atoms with E-state index in [1.165, 1.54) is 0 Å². The van der Waals surface area contributed by atoms with Crippen molar-refractivity contribution in [1.29, 1.82) is 0 Å². The molecule has 3 N–H and O–H groups in total. The molecule has 0 aromatic carbocycles. The molecule has 0 atom stereocenters. The van der Waals surface area contributed by atoms with Crippen molar-refractivity contribution in [2.24, 2.45) is 5.90 Å². The van der Waals surface area contributed by atoms with Crippen LogP contribution in [0.5, 0.6) is 0 Å². The van der Waals surface area contributed by atoms with Gasteiger partial charge in [0.25, 0.3) is 0 Å². The third-order valence-corrected chi connectivity index (χ3v) is 0.486. The zero-order valence-corrected chi connectivity index (χ0v) is 4.20.